The van der Waals surface area contributed by atoms with Crippen LogP contribution in [0.15, 0.2) is 0 Å². The van der Waals surface area contributed by atoms with E-state index in [1.807, 2.05) is 0 Å². The topological polar surface area (TPSA) is 67.4 Å². The largest absolute Gasteiger partial charge is 0.447 e. The zero-order valence-electron chi connectivity index (χ0n) is 9.21. The fraction of sp³-hybridized carbons (Fsp3) is 0.800. The third kappa shape index (κ3) is 5.93. The molecule has 1 aliphatic carbocycles. The lowest BCUT2D eigenvalue weighted by molar-refractivity contribution is -0.121. The van der Waals surface area contributed by atoms with Crippen LogP contribution in [-0.4, -0.2) is 30.7 Å². The molecule has 1 fully saturated rings. The minimum atomic E-state index is -0.468. The molecule has 0 aromatic carbocycles. The molecule has 5 heteroatoms. The summed E-state index contributed by atoms with van der Waals surface area (Å²) >= 11 is 0. The maximum absolute atomic E-state index is 11.2. The van der Waals surface area contributed by atoms with Crippen LogP contribution in [0.2, 0.25) is 0 Å². The normalized spacial score (nSPS) is 14.9. The maximum atomic E-state index is 11.2. The van der Waals surface area contributed by atoms with Crippen molar-refractivity contribution in [1.29, 1.82) is 0 Å². The standard InChI is InChI=1S/C10H18N2O3/c1-7(2)15-10(14)11-6-5-9(13)12-8-3-4-8/h7-8H,3-6H2,1-2H3,(H,11,14)(H,12,13). The van der Waals surface area contributed by atoms with Crippen molar-refractivity contribution >= 4 is 12.0 Å². The molecular weight excluding hydrogens is 196 g/mol. The van der Waals surface area contributed by atoms with Gasteiger partial charge in [-0.25, -0.2) is 4.79 Å². The molecular formula is C10H18N2O3. The second-order valence-corrected chi connectivity index (χ2v) is 3.97. The Hall–Kier alpha value is -1.26. The van der Waals surface area contributed by atoms with Crippen molar-refractivity contribution in [3.8, 4) is 0 Å². The summed E-state index contributed by atoms with van der Waals surface area (Å²) in [5.74, 6) is -0.0117. The van der Waals surface area contributed by atoms with Crippen LogP contribution in [-0.2, 0) is 9.53 Å². The predicted octanol–water partition coefficient (Wildman–Crippen LogP) is 0.790. The highest BCUT2D eigenvalue weighted by Gasteiger charge is 2.22. The van der Waals surface area contributed by atoms with Gasteiger partial charge in [0.2, 0.25) is 5.91 Å². The molecule has 0 heterocycles. The highest BCUT2D eigenvalue weighted by atomic mass is 16.6. The minimum Gasteiger partial charge on any atom is -0.447 e. The summed E-state index contributed by atoms with van der Waals surface area (Å²) in [6.07, 6.45) is 1.86. The van der Waals surface area contributed by atoms with Crippen LogP contribution in [0.3, 0.4) is 0 Å². The molecule has 0 aliphatic heterocycles. The van der Waals surface area contributed by atoms with E-state index in [0.717, 1.165) is 12.8 Å². The van der Waals surface area contributed by atoms with Gasteiger partial charge in [0.05, 0.1) is 6.10 Å². The Bertz CT molecular complexity index is 221. The highest BCUT2D eigenvalue weighted by molar-refractivity contribution is 5.77. The van der Waals surface area contributed by atoms with Crippen molar-refractivity contribution in [3.05, 3.63) is 0 Å². The summed E-state index contributed by atoms with van der Waals surface area (Å²) in [4.78, 5) is 22.2. The molecule has 0 radical (unpaired) electrons. The molecule has 2 amide bonds. The molecule has 5 nitrogen and oxygen atoms in total. The lowest BCUT2D eigenvalue weighted by Crippen LogP contribution is -2.32. The van der Waals surface area contributed by atoms with E-state index in [2.05, 4.69) is 10.6 Å². The zero-order chi connectivity index (χ0) is 11.3. The van der Waals surface area contributed by atoms with Gasteiger partial charge in [-0.2, -0.15) is 0 Å². The van der Waals surface area contributed by atoms with Gasteiger partial charge in [0.1, 0.15) is 0 Å². The second-order valence-electron chi connectivity index (χ2n) is 3.97. The van der Waals surface area contributed by atoms with Crippen LogP contribution in [0.5, 0.6) is 0 Å². The maximum Gasteiger partial charge on any atom is 0.407 e. The summed E-state index contributed by atoms with van der Waals surface area (Å²) in [6, 6.07) is 0.375. The number of nitrogens with one attached hydrogen (secondary N) is 2. The number of carbonyl (C=O) groups is 2. The van der Waals surface area contributed by atoms with Gasteiger partial charge in [-0.1, -0.05) is 0 Å². The van der Waals surface area contributed by atoms with Crippen LogP contribution in [0.25, 0.3) is 0 Å². The molecule has 0 saturated heterocycles. The van der Waals surface area contributed by atoms with Crippen molar-refractivity contribution in [2.24, 2.45) is 0 Å². The van der Waals surface area contributed by atoms with Gasteiger partial charge in [-0.05, 0) is 26.7 Å². The van der Waals surface area contributed by atoms with Gasteiger partial charge in [0.15, 0.2) is 0 Å². The van der Waals surface area contributed by atoms with Gasteiger partial charge in [0.25, 0.3) is 0 Å². The third-order valence-electron chi connectivity index (χ3n) is 1.91. The Morgan fingerprint density at radius 1 is 1.40 bits per heavy atom. The summed E-state index contributed by atoms with van der Waals surface area (Å²) in [6.45, 7) is 3.88. The number of carbonyl (C=O) groups excluding carboxylic acids is 2. The molecule has 0 unspecified atom stereocenters. The van der Waals surface area contributed by atoms with Crippen LogP contribution in [0, 0.1) is 0 Å². The van der Waals surface area contributed by atoms with Gasteiger partial charge in [0, 0.05) is 19.0 Å². The smallest absolute Gasteiger partial charge is 0.407 e. The molecule has 15 heavy (non-hydrogen) atoms. The average molecular weight is 214 g/mol. The van der Waals surface area contributed by atoms with Crippen molar-refractivity contribution in [2.75, 3.05) is 6.54 Å². The van der Waals surface area contributed by atoms with E-state index in [0.29, 0.717) is 19.0 Å². The molecule has 0 aromatic rings. The number of rotatable bonds is 5. The van der Waals surface area contributed by atoms with E-state index in [1.54, 1.807) is 13.8 Å². The van der Waals surface area contributed by atoms with E-state index >= 15 is 0 Å². The Labute approximate surface area is 89.6 Å². The monoisotopic (exact) mass is 214 g/mol. The SMILES string of the molecule is CC(C)OC(=O)NCCC(=O)NC1CC1. The number of ether oxygens (including phenoxy) is 1. The minimum absolute atomic E-state index is 0.0117. The number of hydrogen-bond acceptors (Lipinski definition) is 3. The van der Waals surface area contributed by atoms with E-state index in [4.69, 9.17) is 4.74 Å². The average Bonchev–Trinajstić information content (AvgIpc) is 2.86. The highest BCUT2D eigenvalue weighted by Crippen LogP contribution is 2.18. The summed E-state index contributed by atoms with van der Waals surface area (Å²) in [5.41, 5.74) is 0. The molecule has 1 aliphatic rings. The fourth-order valence-electron chi connectivity index (χ4n) is 1.06. The molecule has 86 valence electrons. The first kappa shape index (κ1) is 11.8. The van der Waals surface area contributed by atoms with E-state index in [1.165, 1.54) is 0 Å². The van der Waals surface area contributed by atoms with Crippen molar-refractivity contribution in [3.63, 3.8) is 0 Å². The van der Waals surface area contributed by atoms with Gasteiger partial charge in [-0.15, -0.1) is 0 Å². The summed E-state index contributed by atoms with van der Waals surface area (Å²) in [7, 11) is 0. The van der Waals surface area contributed by atoms with Crippen LogP contribution >= 0.6 is 0 Å². The van der Waals surface area contributed by atoms with Crippen LogP contribution in [0.4, 0.5) is 4.79 Å². The molecule has 0 spiro atoms. The number of alkyl carbamates (subject to hydrolysis) is 1. The Morgan fingerprint density at radius 2 is 2.07 bits per heavy atom. The molecule has 0 atom stereocenters. The van der Waals surface area contributed by atoms with Crippen LogP contribution < -0.4 is 10.6 Å². The van der Waals surface area contributed by atoms with E-state index in [9.17, 15) is 9.59 Å². The number of amides is 2. The van der Waals surface area contributed by atoms with Crippen molar-refractivity contribution in [1.82, 2.24) is 10.6 Å². The summed E-state index contributed by atoms with van der Waals surface area (Å²) in [5, 5.41) is 5.35. The lowest BCUT2D eigenvalue weighted by atomic mass is 10.4. The van der Waals surface area contributed by atoms with Gasteiger partial charge in [-0.3, -0.25) is 4.79 Å². The quantitative estimate of drug-likeness (QED) is 0.711. The molecule has 1 rings (SSSR count). The Balaban J connectivity index is 1.99. The fourth-order valence-corrected chi connectivity index (χ4v) is 1.06. The molecule has 0 aromatic heterocycles. The first-order valence-corrected chi connectivity index (χ1v) is 5.32. The third-order valence-corrected chi connectivity index (χ3v) is 1.91. The molecule has 0 bridgehead atoms. The number of hydrogen-bond donors (Lipinski definition) is 2. The second kappa shape index (κ2) is 5.58. The molecule has 2 N–H and O–H groups in total. The Morgan fingerprint density at radius 3 is 2.60 bits per heavy atom. The van der Waals surface area contributed by atoms with Crippen LogP contribution in [0.1, 0.15) is 33.1 Å². The zero-order valence-corrected chi connectivity index (χ0v) is 9.21. The predicted molar refractivity (Wildman–Crippen MR) is 55.4 cm³/mol. The van der Waals surface area contributed by atoms with Crippen molar-refractivity contribution in [2.45, 2.75) is 45.3 Å². The molecule has 1 saturated carbocycles. The first-order chi connectivity index (χ1) is 7.08. The van der Waals surface area contributed by atoms with Crippen molar-refractivity contribution < 1.29 is 14.3 Å². The van der Waals surface area contributed by atoms with Gasteiger partial charge < -0.3 is 15.4 Å². The van der Waals surface area contributed by atoms with Gasteiger partial charge >= 0.3 is 6.09 Å². The lowest BCUT2D eigenvalue weighted by Gasteiger charge is -2.09. The van der Waals surface area contributed by atoms with E-state index in [-0.39, 0.29) is 12.0 Å². The summed E-state index contributed by atoms with van der Waals surface area (Å²) < 4.78 is 4.84. The first-order valence-electron chi connectivity index (χ1n) is 5.32. The van der Waals surface area contributed by atoms with E-state index < -0.39 is 6.09 Å². The Kier molecular flexibility index (Phi) is 4.39.